The van der Waals surface area contributed by atoms with Gasteiger partial charge in [-0.15, -0.1) is 0 Å². The summed E-state index contributed by atoms with van der Waals surface area (Å²) in [5, 5.41) is 2.49. The number of nitrogens with one attached hydrogen (secondary N) is 1. The summed E-state index contributed by atoms with van der Waals surface area (Å²) < 4.78 is 0. The van der Waals surface area contributed by atoms with E-state index >= 15 is 0 Å². The number of hydrogen-bond acceptors (Lipinski definition) is 3. The maximum atomic E-state index is 10.5. The van der Waals surface area contributed by atoms with Crippen LogP contribution in [-0.2, 0) is 9.59 Å². The Morgan fingerprint density at radius 3 is 2.73 bits per heavy atom. The minimum atomic E-state index is -0.431. The fourth-order valence-corrected chi connectivity index (χ4v) is 1.11. The third kappa shape index (κ3) is 5.91. The van der Waals surface area contributed by atoms with Crippen LogP contribution in [0.25, 0.3) is 0 Å². The third-order valence-corrected chi connectivity index (χ3v) is 1.77. The molecule has 0 aromatic rings. The van der Waals surface area contributed by atoms with Crippen LogP contribution >= 0.6 is 11.8 Å². The first-order valence-electron chi connectivity index (χ1n) is 3.34. The summed E-state index contributed by atoms with van der Waals surface area (Å²) in [6.45, 7) is 1.39. The van der Waals surface area contributed by atoms with Crippen molar-refractivity contribution in [3.63, 3.8) is 0 Å². The van der Waals surface area contributed by atoms with E-state index in [4.69, 9.17) is 0 Å². The van der Waals surface area contributed by atoms with Gasteiger partial charge in [-0.05, 0) is 18.4 Å². The monoisotopic (exact) mass is 174 g/mol. The van der Waals surface area contributed by atoms with Crippen molar-refractivity contribution in [2.75, 3.05) is 12.0 Å². The minimum Gasteiger partial charge on any atom is -0.346 e. The van der Waals surface area contributed by atoms with Crippen molar-refractivity contribution < 1.29 is 9.59 Å². The molecule has 3 nitrogen and oxygen atoms in total. The van der Waals surface area contributed by atoms with Crippen LogP contribution in [0.5, 0.6) is 0 Å². The Balaban J connectivity index is 3.57. The standard InChI is InChI=1S/C7H12NO2S/c1-6(10)8-7(5-9)3-4-11-2/h7H,3-4H2,1-2H3,(H,8,10)/t7-/m0/s1. The van der Waals surface area contributed by atoms with E-state index in [-0.39, 0.29) is 5.91 Å². The average Bonchev–Trinajstić information content (AvgIpc) is 1.97. The fraction of sp³-hybridized carbons (Fsp3) is 0.714. The summed E-state index contributed by atoms with van der Waals surface area (Å²) in [6.07, 6.45) is 4.38. The molecule has 0 spiro atoms. The Bertz CT molecular complexity index is 138. The normalized spacial score (nSPS) is 12.2. The van der Waals surface area contributed by atoms with E-state index in [1.165, 1.54) is 6.92 Å². The maximum Gasteiger partial charge on any atom is 0.222 e. The number of thioether (sulfide) groups is 1. The molecule has 11 heavy (non-hydrogen) atoms. The molecular weight excluding hydrogens is 162 g/mol. The first-order chi connectivity index (χ1) is 5.20. The summed E-state index contributed by atoms with van der Waals surface area (Å²) in [5.74, 6) is 0.680. The summed E-state index contributed by atoms with van der Waals surface area (Å²) >= 11 is 1.64. The Morgan fingerprint density at radius 1 is 1.73 bits per heavy atom. The zero-order chi connectivity index (χ0) is 8.69. The number of carbonyl (C=O) groups excluding carboxylic acids is 2. The van der Waals surface area contributed by atoms with Gasteiger partial charge in [0.1, 0.15) is 0 Å². The van der Waals surface area contributed by atoms with E-state index in [1.807, 2.05) is 6.26 Å². The smallest absolute Gasteiger partial charge is 0.222 e. The average molecular weight is 174 g/mol. The number of amides is 1. The van der Waals surface area contributed by atoms with Gasteiger partial charge in [-0.2, -0.15) is 11.8 Å². The van der Waals surface area contributed by atoms with Crippen LogP contribution in [-0.4, -0.2) is 30.2 Å². The molecule has 0 bridgehead atoms. The summed E-state index contributed by atoms with van der Waals surface area (Å²) in [7, 11) is 0. The summed E-state index contributed by atoms with van der Waals surface area (Å²) in [4.78, 5) is 20.7. The van der Waals surface area contributed by atoms with Crippen LogP contribution in [0.3, 0.4) is 0 Å². The molecule has 1 radical (unpaired) electrons. The van der Waals surface area contributed by atoms with Gasteiger partial charge < -0.3 is 5.32 Å². The largest absolute Gasteiger partial charge is 0.346 e. The van der Waals surface area contributed by atoms with Gasteiger partial charge in [0.2, 0.25) is 12.2 Å². The molecule has 0 aromatic heterocycles. The van der Waals surface area contributed by atoms with Crippen LogP contribution in [0.2, 0.25) is 0 Å². The molecule has 0 aliphatic rings. The Hall–Kier alpha value is -0.510. The van der Waals surface area contributed by atoms with E-state index in [9.17, 15) is 9.59 Å². The van der Waals surface area contributed by atoms with Gasteiger partial charge >= 0.3 is 0 Å². The van der Waals surface area contributed by atoms with Crippen LogP contribution in [0, 0.1) is 0 Å². The van der Waals surface area contributed by atoms with Crippen LogP contribution in [0.1, 0.15) is 13.3 Å². The van der Waals surface area contributed by atoms with E-state index in [2.05, 4.69) is 5.32 Å². The molecule has 0 aliphatic heterocycles. The second kappa shape index (κ2) is 6.22. The van der Waals surface area contributed by atoms with Gasteiger partial charge in [0.15, 0.2) is 0 Å². The van der Waals surface area contributed by atoms with Crippen LogP contribution < -0.4 is 5.32 Å². The van der Waals surface area contributed by atoms with Gasteiger partial charge in [-0.3, -0.25) is 9.59 Å². The highest BCUT2D eigenvalue weighted by Crippen LogP contribution is 1.98. The van der Waals surface area contributed by atoms with E-state index in [0.29, 0.717) is 6.42 Å². The van der Waals surface area contributed by atoms with Crippen molar-refractivity contribution in [3.05, 3.63) is 0 Å². The highest BCUT2D eigenvalue weighted by Gasteiger charge is 2.07. The van der Waals surface area contributed by atoms with Gasteiger partial charge in [0.25, 0.3) is 0 Å². The van der Waals surface area contributed by atoms with Crippen molar-refractivity contribution in [3.8, 4) is 0 Å². The molecule has 0 rings (SSSR count). The van der Waals surface area contributed by atoms with Gasteiger partial charge in [0, 0.05) is 6.92 Å². The number of carbonyl (C=O) groups is 1. The van der Waals surface area contributed by atoms with E-state index in [1.54, 1.807) is 18.0 Å². The predicted molar refractivity (Wildman–Crippen MR) is 46.3 cm³/mol. The maximum absolute atomic E-state index is 10.5. The fourth-order valence-electron chi connectivity index (χ4n) is 0.642. The van der Waals surface area contributed by atoms with Crippen LogP contribution in [0.4, 0.5) is 0 Å². The molecule has 0 aliphatic carbocycles. The highest BCUT2D eigenvalue weighted by atomic mass is 32.2. The van der Waals surface area contributed by atoms with Gasteiger partial charge in [-0.1, -0.05) is 0 Å². The Morgan fingerprint density at radius 2 is 2.36 bits per heavy atom. The predicted octanol–water partition coefficient (Wildman–Crippen LogP) is 0.354. The highest BCUT2D eigenvalue weighted by molar-refractivity contribution is 7.98. The molecule has 63 valence electrons. The lowest BCUT2D eigenvalue weighted by Crippen LogP contribution is -2.34. The molecular formula is C7H12NO2S. The molecule has 0 heterocycles. The molecule has 0 unspecified atom stereocenters. The van der Waals surface area contributed by atoms with Crippen molar-refractivity contribution in [1.29, 1.82) is 0 Å². The first-order valence-corrected chi connectivity index (χ1v) is 4.73. The molecule has 0 fully saturated rings. The lowest BCUT2D eigenvalue weighted by atomic mass is 10.2. The zero-order valence-electron chi connectivity index (χ0n) is 6.72. The zero-order valence-corrected chi connectivity index (χ0v) is 7.53. The van der Waals surface area contributed by atoms with Gasteiger partial charge in [-0.25, -0.2) is 0 Å². The molecule has 1 amide bonds. The molecule has 0 aromatic carbocycles. The van der Waals surface area contributed by atoms with Gasteiger partial charge in [0.05, 0.1) is 6.04 Å². The summed E-state index contributed by atoms with van der Waals surface area (Å²) in [5.41, 5.74) is 0. The Labute approximate surface area is 70.9 Å². The molecule has 1 atom stereocenters. The topological polar surface area (TPSA) is 46.2 Å². The second-order valence-corrected chi connectivity index (χ2v) is 3.14. The van der Waals surface area contributed by atoms with Crippen molar-refractivity contribution in [2.45, 2.75) is 19.4 Å². The SMILES string of the molecule is CSCC[C@@H]([C]=O)NC(C)=O. The molecule has 4 heteroatoms. The Kier molecular flexibility index (Phi) is 5.93. The third-order valence-electron chi connectivity index (χ3n) is 1.13. The van der Waals surface area contributed by atoms with Crippen molar-refractivity contribution in [2.24, 2.45) is 0 Å². The van der Waals surface area contributed by atoms with Crippen LogP contribution in [0.15, 0.2) is 0 Å². The second-order valence-electron chi connectivity index (χ2n) is 2.15. The first kappa shape index (κ1) is 10.5. The molecule has 1 N–H and O–H groups in total. The quantitative estimate of drug-likeness (QED) is 0.654. The lowest BCUT2D eigenvalue weighted by Gasteiger charge is -2.08. The number of rotatable bonds is 5. The van der Waals surface area contributed by atoms with E-state index < -0.39 is 6.04 Å². The summed E-state index contributed by atoms with van der Waals surface area (Å²) in [6, 6.07) is -0.431. The van der Waals surface area contributed by atoms with Crippen molar-refractivity contribution >= 4 is 24.0 Å². The minimum absolute atomic E-state index is 0.181. The molecule has 0 saturated heterocycles. The van der Waals surface area contributed by atoms with E-state index in [0.717, 1.165) is 5.75 Å². The molecule has 0 saturated carbocycles. The van der Waals surface area contributed by atoms with Crippen molar-refractivity contribution in [1.82, 2.24) is 5.32 Å². The lowest BCUT2D eigenvalue weighted by molar-refractivity contribution is -0.119. The number of hydrogen-bond donors (Lipinski definition) is 1.